The van der Waals surface area contributed by atoms with Gasteiger partial charge in [0, 0.05) is 32.2 Å². The summed E-state index contributed by atoms with van der Waals surface area (Å²) in [4.78, 5) is 6.12. The van der Waals surface area contributed by atoms with Gasteiger partial charge in [-0.1, -0.05) is 18.7 Å². The van der Waals surface area contributed by atoms with Gasteiger partial charge in [-0.2, -0.15) is 5.10 Å². The molecule has 0 N–H and O–H groups in total. The molecule has 5 nitrogen and oxygen atoms in total. The molecule has 0 aliphatic heterocycles. The number of alkyl halides is 3. The molecule has 0 atom stereocenters. The normalized spacial score (nSPS) is 12.3. The third-order valence-corrected chi connectivity index (χ3v) is 4.31. The van der Waals surface area contributed by atoms with Crippen molar-refractivity contribution in [2.24, 2.45) is 12.0 Å². The van der Waals surface area contributed by atoms with E-state index in [-0.39, 0.29) is 5.75 Å². The van der Waals surface area contributed by atoms with Gasteiger partial charge in [0.05, 0.1) is 5.52 Å². The second-order valence-corrected chi connectivity index (χ2v) is 6.10. The van der Waals surface area contributed by atoms with E-state index in [0.717, 1.165) is 16.5 Å². The molecule has 1 heterocycles. The van der Waals surface area contributed by atoms with Crippen LogP contribution in [0.2, 0.25) is 0 Å². The topological polar surface area (TPSA) is 42.6 Å². The molecule has 0 spiro atoms. The summed E-state index contributed by atoms with van der Waals surface area (Å²) in [5.74, 6) is 0.307. The van der Waals surface area contributed by atoms with Crippen molar-refractivity contribution in [1.29, 1.82) is 0 Å². The third-order valence-electron chi connectivity index (χ3n) is 4.31. The van der Waals surface area contributed by atoms with Crippen LogP contribution in [0.4, 0.5) is 18.9 Å². The van der Waals surface area contributed by atoms with Gasteiger partial charge in [-0.25, -0.2) is 0 Å². The Hall–Kier alpha value is -3.29. The smallest absolute Gasteiger partial charge is 0.406 e. The van der Waals surface area contributed by atoms with Crippen molar-refractivity contribution in [3.05, 3.63) is 60.3 Å². The molecule has 0 saturated carbocycles. The number of fused-ring (bicyclic) bond motifs is 1. The number of halogens is 3. The maximum Gasteiger partial charge on any atom is 0.573 e. The summed E-state index contributed by atoms with van der Waals surface area (Å²) in [5.41, 5.74) is 3.23. The quantitative estimate of drug-likeness (QED) is 0.484. The first kappa shape index (κ1) is 19.5. The molecule has 0 aliphatic carbocycles. The van der Waals surface area contributed by atoms with Gasteiger partial charge in [0.15, 0.2) is 5.84 Å². The van der Waals surface area contributed by atoms with E-state index in [4.69, 9.17) is 0 Å². The van der Waals surface area contributed by atoms with Crippen molar-refractivity contribution in [3.8, 4) is 5.75 Å². The number of aryl methyl sites for hydroxylation is 1. The molecule has 0 aliphatic rings. The van der Waals surface area contributed by atoms with Crippen molar-refractivity contribution in [2.45, 2.75) is 6.36 Å². The zero-order chi connectivity index (χ0) is 20.5. The van der Waals surface area contributed by atoms with Crippen LogP contribution in [0.25, 0.3) is 17.0 Å². The van der Waals surface area contributed by atoms with Gasteiger partial charge in [0.25, 0.3) is 0 Å². The van der Waals surface area contributed by atoms with E-state index in [2.05, 4.69) is 21.4 Å². The molecule has 2 aromatic carbocycles. The second kappa shape index (κ2) is 7.38. The first-order valence-electron chi connectivity index (χ1n) is 8.39. The molecule has 28 heavy (non-hydrogen) atoms. The molecule has 0 fully saturated rings. The van der Waals surface area contributed by atoms with Gasteiger partial charge in [-0.3, -0.25) is 9.67 Å². The number of aromatic nitrogens is 2. The lowest BCUT2D eigenvalue weighted by Gasteiger charge is -2.20. The lowest BCUT2D eigenvalue weighted by molar-refractivity contribution is -0.274. The van der Waals surface area contributed by atoms with E-state index in [0.29, 0.717) is 17.2 Å². The Morgan fingerprint density at radius 1 is 1.21 bits per heavy atom. The summed E-state index contributed by atoms with van der Waals surface area (Å²) < 4.78 is 42.7. The van der Waals surface area contributed by atoms with Gasteiger partial charge in [0.1, 0.15) is 11.4 Å². The Bertz CT molecular complexity index is 1040. The number of benzene rings is 2. The minimum Gasteiger partial charge on any atom is -0.406 e. The maximum atomic E-state index is 12.3. The Labute approximate surface area is 160 Å². The first-order valence-corrected chi connectivity index (χ1v) is 8.39. The highest BCUT2D eigenvalue weighted by Crippen LogP contribution is 2.27. The van der Waals surface area contributed by atoms with Crippen molar-refractivity contribution in [2.75, 3.05) is 19.0 Å². The monoisotopic (exact) mass is 388 g/mol. The van der Waals surface area contributed by atoms with E-state index < -0.39 is 6.36 Å². The van der Waals surface area contributed by atoms with Crippen LogP contribution in [0, 0.1) is 0 Å². The fourth-order valence-electron chi connectivity index (χ4n) is 2.97. The minimum atomic E-state index is -4.72. The summed E-state index contributed by atoms with van der Waals surface area (Å²) in [5, 5.41) is 5.50. The van der Waals surface area contributed by atoms with Crippen LogP contribution in [0.15, 0.2) is 54.0 Å². The zero-order valence-corrected chi connectivity index (χ0v) is 15.7. The van der Waals surface area contributed by atoms with Crippen LogP contribution in [0.3, 0.4) is 0 Å². The van der Waals surface area contributed by atoms with E-state index in [1.807, 2.05) is 25.2 Å². The first-order chi connectivity index (χ1) is 13.2. The van der Waals surface area contributed by atoms with Crippen LogP contribution < -0.4 is 9.64 Å². The number of hydrogen-bond donors (Lipinski definition) is 0. The fourth-order valence-corrected chi connectivity index (χ4v) is 2.97. The molecule has 3 rings (SSSR count). The highest BCUT2D eigenvalue weighted by atomic mass is 19.4. The highest BCUT2D eigenvalue weighted by Gasteiger charge is 2.31. The molecule has 146 valence electrons. The van der Waals surface area contributed by atoms with Crippen LogP contribution in [-0.4, -0.2) is 36.1 Å². The molecule has 0 saturated heterocycles. The van der Waals surface area contributed by atoms with Crippen LogP contribution in [-0.2, 0) is 7.05 Å². The number of ether oxygens (including phenoxy) is 1. The molecule has 1 aromatic heterocycles. The second-order valence-electron chi connectivity index (χ2n) is 6.10. The minimum absolute atomic E-state index is 0.278. The molecule has 0 radical (unpaired) electrons. The maximum absolute atomic E-state index is 12.3. The van der Waals surface area contributed by atoms with Gasteiger partial charge >= 0.3 is 6.36 Å². The SMILES string of the molecule is C=Cc1ccc2c(C(=NC)N(C)c3ccc(OC(F)(F)F)cc3)nn(C)c2c1. The lowest BCUT2D eigenvalue weighted by atomic mass is 10.1. The standard InChI is InChI=1S/C20H19F3N4O/c1-5-13-6-11-16-17(12-13)27(4)25-18(16)19(24-2)26(3)14-7-9-15(10-8-14)28-20(21,22)23/h5-12H,1H2,2-4H3. The van der Waals surface area contributed by atoms with E-state index in [9.17, 15) is 13.2 Å². The lowest BCUT2D eigenvalue weighted by Crippen LogP contribution is -2.28. The number of hydrogen-bond acceptors (Lipinski definition) is 3. The molecule has 8 heteroatoms. The Balaban J connectivity index is 1.96. The van der Waals surface area contributed by atoms with Crippen molar-refractivity contribution < 1.29 is 17.9 Å². The van der Waals surface area contributed by atoms with Gasteiger partial charge in [-0.05, 0) is 42.0 Å². The summed E-state index contributed by atoms with van der Waals surface area (Å²) in [6.07, 6.45) is -2.96. The molecule has 0 bridgehead atoms. The summed E-state index contributed by atoms with van der Waals surface area (Å²) in [7, 11) is 5.27. The highest BCUT2D eigenvalue weighted by molar-refractivity contribution is 6.15. The number of nitrogens with zero attached hydrogens (tertiary/aromatic N) is 4. The third kappa shape index (κ3) is 3.85. The van der Waals surface area contributed by atoms with Crippen LogP contribution in [0.5, 0.6) is 5.75 Å². The van der Waals surface area contributed by atoms with E-state index in [1.165, 1.54) is 24.3 Å². The summed E-state index contributed by atoms with van der Waals surface area (Å²) >= 11 is 0. The average Bonchev–Trinajstić information content (AvgIpc) is 2.97. The van der Waals surface area contributed by atoms with Crippen molar-refractivity contribution >= 4 is 28.5 Å². The number of amidine groups is 1. The Morgan fingerprint density at radius 3 is 2.46 bits per heavy atom. The predicted octanol–water partition coefficient (Wildman–Crippen LogP) is 4.63. The summed E-state index contributed by atoms with van der Waals surface area (Å²) in [6, 6.07) is 11.5. The largest absolute Gasteiger partial charge is 0.573 e. The molecule has 0 amide bonds. The number of aliphatic imine (C=N–C) groups is 1. The predicted molar refractivity (Wildman–Crippen MR) is 105 cm³/mol. The van der Waals surface area contributed by atoms with Gasteiger partial charge in [0.2, 0.25) is 0 Å². The summed E-state index contributed by atoms with van der Waals surface area (Å²) in [6.45, 7) is 3.78. The van der Waals surface area contributed by atoms with E-state index in [1.54, 1.807) is 29.8 Å². The van der Waals surface area contributed by atoms with Gasteiger partial charge in [-0.15, -0.1) is 13.2 Å². The Kier molecular flexibility index (Phi) is 5.13. The fraction of sp³-hybridized carbons (Fsp3) is 0.200. The molecular weight excluding hydrogens is 369 g/mol. The van der Waals surface area contributed by atoms with E-state index >= 15 is 0 Å². The molecular formula is C20H19F3N4O. The van der Waals surface area contributed by atoms with Crippen molar-refractivity contribution in [3.63, 3.8) is 0 Å². The molecule has 3 aromatic rings. The Morgan fingerprint density at radius 2 is 1.89 bits per heavy atom. The number of anilines is 1. The van der Waals surface area contributed by atoms with Crippen LogP contribution in [0.1, 0.15) is 11.3 Å². The molecule has 0 unspecified atom stereocenters. The average molecular weight is 388 g/mol. The zero-order valence-electron chi connectivity index (χ0n) is 15.7. The van der Waals surface area contributed by atoms with Crippen LogP contribution >= 0.6 is 0 Å². The van der Waals surface area contributed by atoms with Crippen molar-refractivity contribution in [1.82, 2.24) is 9.78 Å². The number of rotatable bonds is 4. The van der Waals surface area contributed by atoms with Gasteiger partial charge < -0.3 is 9.64 Å².